The van der Waals surface area contributed by atoms with Crippen molar-refractivity contribution in [2.75, 3.05) is 6.61 Å². The van der Waals surface area contributed by atoms with Crippen LogP contribution >= 0.6 is 0 Å². The van der Waals surface area contributed by atoms with E-state index in [4.69, 9.17) is 0 Å². The molecular weight excluding hydrogens is 376 g/mol. The molecule has 0 aliphatic heterocycles. The monoisotopic (exact) mass is 426 g/mol. The zero-order valence-corrected chi connectivity index (χ0v) is 21.5. The van der Waals surface area contributed by atoms with E-state index in [0.717, 1.165) is 30.1 Å². The molecule has 0 aromatic rings. The maximum atomic E-state index is 9.46. The van der Waals surface area contributed by atoms with Crippen molar-refractivity contribution >= 4 is 0 Å². The van der Waals surface area contributed by atoms with Gasteiger partial charge in [-0.2, -0.15) is 0 Å². The van der Waals surface area contributed by atoms with Crippen LogP contribution < -0.4 is 0 Å². The van der Waals surface area contributed by atoms with Crippen molar-refractivity contribution in [1.29, 1.82) is 0 Å². The van der Waals surface area contributed by atoms with Gasteiger partial charge in [0.05, 0.1) is 0 Å². The first-order valence-electron chi connectivity index (χ1n) is 13.6. The first-order chi connectivity index (χ1) is 14.5. The molecule has 176 valence electrons. The fourth-order valence-electron chi connectivity index (χ4n) is 9.36. The average Bonchev–Trinajstić information content (AvgIpc) is 3.07. The number of allylic oxidation sites excluding steroid dienone is 2. The van der Waals surface area contributed by atoms with Gasteiger partial charge >= 0.3 is 0 Å². The minimum atomic E-state index is 0.240. The molecule has 4 aliphatic carbocycles. The van der Waals surface area contributed by atoms with Crippen molar-refractivity contribution in [1.82, 2.24) is 0 Å². The van der Waals surface area contributed by atoms with Crippen LogP contribution in [0.1, 0.15) is 112 Å². The highest BCUT2D eigenvalue weighted by Gasteiger charge is 2.57. The fraction of sp³-hybridized carbons (Fsp3) is 0.867. The molecule has 0 aromatic carbocycles. The highest BCUT2D eigenvalue weighted by atomic mass is 16.3. The number of aliphatic hydroxyl groups is 1. The fourth-order valence-corrected chi connectivity index (χ4v) is 9.36. The summed E-state index contributed by atoms with van der Waals surface area (Å²) < 4.78 is 0. The summed E-state index contributed by atoms with van der Waals surface area (Å²) in [7, 11) is 0. The molecule has 7 atom stereocenters. The summed E-state index contributed by atoms with van der Waals surface area (Å²) in [6.07, 6.45) is 15.1. The van der Waals surface area contributed by atoms with Crippen LogP contribution in [0.4, 0.5) is 0 Å². The van der Waals surface area contributed by atoms with Crippen molar-refractivity contribution < 1.29 is 5.11 Å². The number of aliphatic hydroxyl groups excluding tert-OH is 1. The third-order valence-corrected chi connectivity index (χ3v) is 11.3. The van der Waals surface area contributed by atoms with Crippen LogP contribution in [-0.2, 0) is 0 Å². The molecule has 4 aliphatic rings. The number of hydrogen-bond donors (Lipinski definition) is 1. The van der Waals surface area contributed by atoms with Gasteiger partial charge in [-0.05, 0) is 110 Å². The van der Waals surface area contributed by atoms with E-state index in [2.05, 4.69) is 48.1 Å². The molecule has 0 amide bonds. The van der Waals surface area contributed by atoms with Gasteiger partial charge in [0.15, 0.2) is 0 Å². The second-order valence-electron chi connectivity index (χ2n) is 13.4. The summed E-state index contributed by atoms with van der Waals surface area (Å²) >= 11 is 0. The van der Waals surface area contributed by atoms with Gasteiger partial charge in [0.2, 0.25) is 0 Å². The Balaban J connectivity index is 1.53. The van der Waals surface area contributed by atoms with Gasteiger partial charge in [-0.3, -0.25) is 0 Å². The molecule has 0 saturated heterocycles. The second kappa shape index (κ2) is 8.34. The van der Waals surface area contributed by atoms with Crippen LogP contribution in [0.25, 0.3) is 0 Å². The minimum absolute atomic E-state index is 0.240. The van der Waals surface area contributed by atoms with Crippen LogP contribution in [0.15, 0.2) is 23.3 Å². The maximum Gasteiger partial charge on any atom is 0.0493 e. The number of rotatable bonds is 6. The Morgan fingerprint density at radius 3 is 2.48 bits per heavy atom. The molecule has 0 spiro atoms. The molecule has 2 unspecified atom stereocenters. The van der Waals surface area contributed by atoms with E-state index < -0.39 is 0 Å². The van der Waals surface area contributed by atoms with E-state index >= 15 is 0 Å². The topological polar surface area (TPSA) is 20.2 Å². The Bertz CT molecular complexity index is 729. The van der Waals surface area contributed by atoms with E-state index in [0.29, 0.717) is 16.2 Å². The Labute approximate surface area is 193 Å². The average molecular weight is 427 g/mol. The highest BCUT2D eigenvalue weighted by molar-refractivity contribution is 5.35. The van der Waals surface area contributed by atoms with E-state index in [9.17, 15) is 5.11 Å². The summed E-state index contributed by atoms with van der Waals surface area (Å²) in [6, 6.07) is 0. The highest BCUT2D eigenvalue weighted by Crippen LogP contribution is 2.68. The van der Waals surface area contributed by atoms with Crippen LogP contribution in [0.3, 0.4) is 0 Å². The molecule has 31 heavy (non-hydrogen) atoms. The van der Waals surface area contributed by atoms with Gasteiger partial charge in [-0.25, -0.2) is 0 Å². The third kappa shape index (κ3) is 3.79. The number of hydrogen-bond acceptors (Lipinski definition) is 1. The van der Waals surface area contributed by atoms with Crippen molar-refractivity contribution in [3.05, 3.63) is 23.3 Å². The van der Waals surface area contributed by atoms with Gasteiger partial charge in [-0.1, -0.05) is 71.3 Å². The predicted molar refractivity (Wildman–Crippen MR) is 133 cm³/mol. The molecular formula is C30H50O. The largest absolute Gasteiger partial charge is 0.396 e. The van der Waals surface area contributed by atoms with Crippen molar-refractivity contribution in [2.45, 2.75) is 112 Å². The zero-order chi connectivity index (χ0) is 22.6. The van der Waals surface area contributed by atoms with E-state index in [1.54, 1.807) is 0 Å². The molecule has 1 heteroatoms. The minimum Gasteiger partial charge on any atom is -0.396 e. The first kappa shape index (κ1) is 23.6. The first-order valence-corrected chi connectivity index (χ1v) is 13.6. The molecule has 0 radical (unpaired) electrons. The van der Waals surface area contributed by atoms with E-state index in [-0.39, 0.29) is 12.5 Å². The van der Waals surface area contributed by atoms with Crippen LogP contribution in [0.2, 0.25) is 0 Å². The quantitative estimate of drug-likeness (QED) is 0.423. The molecule has 2 saturated carbocycles. The standard InChI is InChI=1S/C30H50O/c1-20(22(3)19-31)9-10-21(2)24-12-13-25-23-11-14-27-28(4,5)16-8-17-30(27,7)26(23)15-18-29(24,25)6/h21-22,24-25,27,31H,1,8-19H2,2-7H3/t21-,22?,24-,25+,27?,29-,30-/m1/s1. The molecule has 1 nitrogen and oxygen atoms in total. The zero-order valence-electron chi connectivity index (χ0n) is 21.5. The maximum absolute atomic E-state index is 9.46. The molecule has 2 fully saturated rings. The SMILES string of the molecule is C=C(CC[C@@H](C)[C@H]1CC[C@H]2C3=C(CC[C@]12C)[C@@]1(C)CCCC(C)(C)C1CC3)C(C)CO. The summed E-state index contributed by atoms with van der Waals surface area (Å²) in [6.45, 7) is 19.6. The van der Waals surface area contributed by atoms with Crippen molar-refractivity contribution in [3.63, 3.8) is 0 Å². The molecule has 1 N–H and O–H groups in total. The number of fused-ring (bicyclic) bond motifs is 4. The molecule has 0 bridgehead atoms. The van der Waals surface area contributed by atoms with Gasteiger partial charge in [0.1, 0.15) is 0 Å². The van der Waals surface area contributed by atoms with E-state index in [1.807, 2.05) is 11.1 Å². The Morgan fingerprint density at radius 1 is 1.03 bits per heavy atom. The Hall–Kier alpha value is -0.560. The van der Waals surface area contributed by atoms with Gasteiger partial charge in [0.25, 0.3) is 0 Å². The second-order valence-corrected chi connectivity index (χ2v) is 13.4. The van der Waals surface area contributed by atoms with Crippen LogP contribution in [-0.4, -0.2) is 11.7 Å². The third-order valence-electron chi connectivity index (χ3n) is 11.3. The Kier molecular flexibility index (Phi) is 6.35. The summed E-state index contributed by atoms with van der Waals surface area (Å²) in [4.78, 5) is 0. The molecule has 0 heterocycles. The van der Waals surface area contributed by atoms with Crippen LogP contribution in [0.5, 0.6) is 0 Å². The van der Waals surface area contributed by atoms with Gasteiger partial charge in [-0.15, -0.1) is 0 Å². The van der Waals surface area contributed by atoms with Gasteiger partial charge < -0.3 is 5.11 Å². The lowest BCUT2D eigenvalue weighted by atomic mass is 9.46. The lowest BCUT2D eigenvalue weighted by molar-refractivity contribution is -0.00389. The van der Waals surface area contributed by atoms with Crippen molar-refractivity contribution in [2.24, 2.45) is 45.8 Å². The molecule has 0 aromatic heterocycles. The van der Waals surface area contributed by atoms with Gasteiger partial charge in [0, 0.05) is 6.61 Å². The lowest BCUT2D eigenvalue weighted by Crippen LogP contribution is -2.48. The lowest BCUT2D eigenvalue weighted by Gasteiger charge is -2.58. The summed E-state index contributed by atoms with van der Waals surface area (Å²) in [5.74, 6) is 3.62. The van der Waals surface area contributed by atoms with Crippen LogP contribution in [0, 0.1) is 45.8 Å². The smallest absolute Gasteiger partial charge is 0.0493 e. The predicted octanol–water partition coefficient (Wildman–Crippen LogP) is 8.34. The summed E-state index contributed by atoms with van der Waals surface area (Å²) in [5, 5.41) is 9.46. The van der Waals surface area contributed by atoms with E-state index in [1.165, 1.54) is 69.8 Å². The molecule has 4 rings (SSSR count). The summed E-state index contributed by atoms with van der Waals surface area (Å²) in [5.41, 5.74) is 6.64. The Morgan fingerprint density at radius 2 is 1.77 bits per heavy atom. The van der Waals surface area contributed by atoms with Crippen molar-refractivity contribution in [3.8, 4) is 0 Å². The normalized spacial score (nSPS) is 41.2.